The highest BCUT2D eigenvalue weighted by molar-refractivity contribution is 7.13. The van der Waals surface area contributed by atoms with Crippen molar-refractivity contribution in [2.24, 2.45) is 5.92 Å². The fraction of sp³-hybridized carbons (Fsp3) is 0.444. The van der Waals surface area contributed by atoms with Crippen molar-refractivity contribution in [1.29, 1.82) is 0 Å². The molecule has 122 valence electrons. The number of aliphatic hydroxyl groups is 1. The van der Waals surface area contributed by atoms with Crippen molar-refractivity contribution in [3.8, 4) is 0 Å². The lowest BCUT2D eigenvalue weighted by Crippen LogP contribution is -2.34. The number of nitrogens with one attached hydrogen (secondary N) is 1. The molecule has 0 saturated heterocycles. The molecule has 0 fully saturated rings. The molecule has 5 heteroatoms. The van der Waals surface area contributed by atoms with E-state index in [9.17, 15) is 9.90 Å². The van der Waals surface area contributed by atoms with Crippen LogP contribution in [0, 0.1) is 12.8 Å². The second-order valence-electron chi connectivity index (χ2n) is 6.53. The van der Waals surface area contributed by atoms with Crippen LogP contribution in [0.4, 0.5) is 0 Å². The number of aromatic nitrogens is 1. The maximum atomic E-state index is 12.7. The molecule has 0 bridgehead atoms. The van der Waals surface area contributed by atoms with Crippen molar-refractivity contribution in [3.63, 3.8) is 0 Å². The summed E-state index contributed by atoms with van der Waals surface area (Å²) in [6.07, 6.45) is 0.803. The quantitative estimate of drug-likeness (QED) is 0.906. The molecule has 0 aliphatic heterocycles. The van der Waals surface area contributed by atoms with E-state index in [1.165, 1.54) is 11.3 Å². The summed E-state index contributed by atoms with van der Waals surface area (Å²) in [7, 11) is 0. The molecule has 0 radical (unpaired) electrons. The standard InChI is InChI=1S/C18H22N2O2S/c1-10(2)8-14-17(23-11(3)19-14)18(22)20-16-13-7-5-4-6-12(13)9-15(16)21/h4-7,10,15-16,21H,8-9H2,1-3H3,(H,20,22)/t15-,16+/m1/s1. The topological polar surface area (TPSA) is 62.2 Å². The van der Waals surface area contributed by atoms with Crippen LogP contribution in [0.3, 0.4) is 0 Å². The summed E-state index contributed by atoms with van der Waals surface area (Å²) >= 11 is 1.43. The minimum Gasteiger partial charge on any atom is -0.390 e. The maximum absolute atomic E-state index is 12.7. The fourth-order valence-corrected chi connectivity index (χ4v) is 3.98. The van der Waals surface area contributed by atoms with Gasteiger partial charge in [0.2, 0.25) is 0 Å². The van der Waals surface area contributed by atoms with Crippen molar-refractivity contribution in [1.82, 2.24) is 10.3 Å². The summed E-state index contributed by atoms with van der Waals surface area (Å²) in [5.41, 5.74) is 2.98. The van der Waals surface area contributed by atoms with Crippen LogP contribution in [0.25, 0.3) is 0 Å². The Labute approximate surface area is 140 Å². The first-order chi connectivity index (χ1) is 11.0. The third-order valence-electron chi connectivity index (χ3n) is 4.10. The lowest BCUT2D eigenvalue weighted by Gasteiger charge is -2.18. The smallest absolute Gasteiger partial charge is 0.263 e. The van der Waals surface area contributed by atoms with E-state index >= 15 is 0 Å². The number of carbonyl (C=O) groups is 1. The molecule has 1 aromatic carbocycles. The normalized spacial score (nSPS) is 19.9. The minimum atomic E-state index is -0.570. The molecular weight excluding hydrogens is 308 g/mol. The first kappa shape index (κ1) is 16.1. The van der Waals surface area contributed by atoms with Crippen molar-refractivity contribution in [3.05, 3.63) is 51.0 Å². The molecule has 1 heterocycles. The number of nitrogens with zero attached hydrogens (tertiary/aromatic N) is 1. The van der Waals surface area contributed by atoms with Gasteiger partial charge in [0.25, 0.3) is 5.91 Å². The van der Waals surface area contributed by atoms with Crippen LogP contribution >= 0.6 is 11.3 Å². The summed E-state index contributed by atoms with van der Waals surface area (Å²) in [5.74, 6) is 0.313. The summed E-state index contributed by atoms with van der Waals surface area (Å²) in [4.78, 5) is 17.9. The van der Waals surface area contributed by atoms with E-state index in [2.05, 4.69) is 24.1 Å². The third-order valence-corrected chi connectivity index (χ3v) is 5.11. The van der Waals surface area contributed by atoms with Crippen LogP contribution < -0.4 is 5.32 Å². The number of fused-ring (bicyclic) bond motifs is 1. The Morgan fingerprint density at radius 3 is 2.91 bits per heavy atom. The Balaban J connectivity index is 1.83. The summed E-state index contributed by atoms with van der Waals surface area (Å²) < 4.78 is 0. The van der Waals surface area contributed by atoms with Crippen LogP contribution in [-0.4, -0.2) is 22.1 Å². The van der Waals surface area contributed by atoms with Gasteiger partial charge in [0.1, 0.15) is 4.88 Å². The Bertz CT molecular complexity index is 724. The molecule has 0 unspecified atom stereocenters. The van der Waals surface area contributed by atoms with Gasteiger partial charge in [-0.3, -0.25) is 4.79 Å². The maximum Gasteiger partial charge on any atom is 0.263 e. The van der Waals surface area contributed by atoms with Crippen molar-refractivity contribution >= 4 is 17.2 Å². The van der Waals surface area contributed by atoms with E-state index in [0.29, 0.717) is 17.2 Å². The predicted octanol–water partition coefficient (Wildman–Crippen LogP) is 3.04. The lowest BCUT2D eigenvalue weighted by atomic mass is 10.1. The number of amides is 1. The van der Waals surface area contributed by atoms with E-state index in [4.69, 9.17) is 0 Å². The average molecular weight is 330 g/mol. The first-order valence-electron chi connectivity index (χ1n) is 7.98. The Kier molecular flexibility index (Phi) is 4.50. The number of aliphatic hydroxyl groups excluding tert-OH is 1. The third kappa shape index (κ3) is 3.31. The molecule has 2 N–H and O–H groups in total. The van der Waals surface area contributed by atoms with Crippen molar-refractivity contribution in [2.75, 3.05) is 0 Å². The van der Waals surface area contributed by atoms with Gasteiger partial charge in [-0.2, -0.15) is 0 Å². The van der Waals surface area contributed by atoms with Crippen LogP contribution in [0.1, 0.15) is 51.4 Å². The largest absolute Gasteiger partial charge is 0.390 e. The lowest BCUT2D eigenvalue weighted by molar-refractivity contribution is 0.0861. The number of hydrogen-bond acceptors (Lipinski definition) is 4. The van der Waals surface area contributed by atoms with Crippen LogP contribution in [-0.2, 0) is 12.8 Å². The molecule has 1 aromatic heterocycles. The molecule has 0 saturated carbocycles. The van der Waals surface area contributed by atoms with Gasteiger partial charge >= 0.3 is 0 Å². The van der Waals surface area contributed by atoms with Crippen molar-refractivity contribution < 1.29 is 9.90 Å². The molecule has 23 heavy (non-hydrogen) atoms. The number of hydrogen-bond donors (Lipinski definition) is 2. The molecular formula is C18H22N2O2S. The molecule has 1 amide bonds. The molecule has 2 atom stereocenters. The Hall–Kier alpha value is -1.72. The molecule has 1 aliphatic rings. The van der Waals surface area contributed by atoms with E-state index in [0.717, 1.165) is 28.2 Å². The zero-order chi connectivity index (χ0) is 16.6. The number of rotatable bonds is 4. The molecule has 0 spiro atoms. The molecule has 2 aromatic rings. The van der Waals surface area contributed by atoms with Crippen LogP contribution in [0.5, 0.6) is 0 Å². The molecule has 3 rings (SSSR count). The Morgan fingerprint density at radius 2 is 2.17 bits per heavy atom. The van der Waals surface area contributed by atoms with E-state index < -0.39 is 6.10 Å². The highest BCUT2D eigenvalue weighted by Gasteiger charge is 2.33. The minimum absolute atomic E-state index is 0.132. The van der Waals surface area contributed by atoms with Gasteiger partial charge in [-0.15, -0.1) is 11.3 Å². The highest BCUT2D eigenvalue weighted by atomic mass is 32.1. The molecule has 4 nitrogen and oxygen atoms in total. The van der Waals surface area contributed by atoms with E-state index in [1.807, 2.05) is 31.2 Å². The van der Waals surface area contributed by atoms with Gasteiger partial charge in [0.15, 0.2) is 0 Å². The molecule has 1 aliphatic carbocycles. The van der Waals surface area contributed by atoms with E-state index in [-0.39, 0.29) is 11.9 Å². The zero-order valence-corrected chi connectivity index (χ0v) is 14.5. The Morgan fingerprint density at radius 1 is 1.43 bits per heavy atom. The summed E-state index contributed by atoms with van der Waals surface area (Å²) in [6.45, 7) is 6.16. The number of aryl methyl sites for hydroxylation is 1. The van der Waals surface area contributed by atoms with Gasteiger partial charge < -0.3 is 10.4 Å². The second kappa shape index (κ2) is 6.42. The monoisotopic (exact) mass is 330 g/mol. The van der Waals surface area contributed by atoms with Gasteiger partial charge in [-0.25, -0.2) is 4.98 Å². The van der Waals surface area contributed by atoms with Gasteiger partial charge in [-0.05, 0) is 30.4 Å². The van der Waals surface area contributed by atoms with Crippen LogP contribution in [0.15, 0.2) is 24.3 Å². The number of carbonyl (C=O) groups excluding carboxylic acids is 1. The summed E-state index contributed by atoms with van der Waals surface area (Å²) in [6, 6.07) is 7.54. The number of thiazole rings is 1. The second-order valence-corrected chi connectivity index (χ2v) is 7.73. The summed E-state index contributed by atoms with van der Waals surface area (Å²) in [5, 5.41) is 14.2. The van der Waals surface area contributed by atoms with Gasteiger partial charge in [0, 0.05) is 6.42 Å². The zero-order valence-electron chi connectivity index (χ0n) is 13.7. The van der Waals surface area contributed by atoms with Crippen LogP contribution in [0.2, 0.25) is 0 Å². The first-order valence-corrected chi connectivity index (χ1v) is 8.80. The SMILES string of the molecule is Cc1nc(CC(C)C)c(C(=O)N[C@H]2c3ccccc3C[C@H]2O)s1. The average Bonchev–Trinajstić information content (AvgIpc) is 2.99. The number of benzene rings is 1. The fourth-order valence-electron chi connectivity index (χ4n) is 3.13. The predicted molar refractivity (Wildman–Crippen MR) is 91.8 cm³/mol. The van der Waals surface area contributed by atoms with Crippen molar-refractivity contribution in [2.45, 2.75) is 45.8 Å². The van der Waals surface area contributed by atoms with E-state index in [1.54, 1.807) is 0 Å². The highest BCUT2D eigenvalue weighted by Crippen LogP contribution is 2.32. The van der Waals surface area contributed by atoms with Gasteiger partial charge in [-0.1, -0.05) is 38.1 Å². The van der Waals surface area contributed by atoms with Gasteiger partial charge in [0.05, 0.1) is 22.8 Å².